The summed E-state index contributed by atoms with van der Waals surface area (Å²) in [6.45, 7) is 1.27. The van der Waals surface area contributed by atoms with Crippen LogP contribution in [0, 0.1) is 11.6 Å². The number of piperidine rings is 1. The zero-order chi connectivity index (χ0) is 23.6. The number of nitrogen functional groups attached to an aromatic ring is 1. The molecular weight excluding hydrogens is 424 g/mol. The first-order valence-corrected chi connectivity index (χ1v) is 10.3. The molecule has 0 aliphatic carbocycles. The van der Waals surface area contributed by atoms with E-state index in [1.807, 2.05) is 0 Å². The number of hydrogen-bond donors (Lipinski definition) is 2. The van der Waals surface area contributed by atoms with Crippen LogP contribution in [0.25, 0.3) is 0 Å². The maximum absolute atomic E-state index is 14.2. The van der Waals surface area contributed by atoms with Crippen molar-refractivity contribution in [1.82, 2.24) is 14.0 Å². The van der Waals surface area contributed by atoms with Crippen LogP contribution in [0.2, 0.25) is 0 Å². The number of benzene rings is 1. The number of hydrogen-bond acceptors (Lipinski definition) is 6. The Labute approximate surface area is 182 Å². The summed E-state index contributed by atoms with van der Waals surface area (Å²) in [4.78, 5) is 52.1. The van der Waals surface area contributed by atoms with Crippen molar-refractivity contribution >= 4 is 17.5 Å². The number of ketones is 1. The standard InChI is InChI=1S/C21H25F2N5O4/c1-2-27-20(31)17(16(29)11-26-8-4-3-5-15(26)19(25)30)18(24)28(21(27)32)10-12-6-7-13(22)9-14(12)23/h6-7,9,15H,2-5,8,10-11,24H2,1H3,(H2,25,30). The van der Waals surface area contributed by atoms with Gasteiger partial charge in [0.05, 0.1) is 19.1 Å². The van der Waals surface area contributed by atoms with Crippen LogP contribution in [0.4, 0.5) is 14.6 Å². The molecule has 9 nitrogen and oxygen atoms in total. The van der Waals surface area contributed by atoms with Crippen molar-refractivity contribution in [2.75, 3.05) is 18.8 Å². The molecule has 1 fully saturated rings. The van der Waals surface area contributed by atoms with E-state index in [9.17, 15) is 28.0 Å². The van der Waals surface area contributed by atoms with Crippen molar-refractivity contribution < 1.29 is 18.4 Å². The molecule has 1 aliphatic rings. The smallest absolute Gasteiger partial charge is 0.332 e. The minimum atomic E-state index is -0.893. The quantitative estimate of drug-likeness (QED) is 0.590. The van der Waals surface area contributed by atoms with Crippen molar-refractivity contribution in [1.29, 1.82) is 0 Å². The highest BCUT2D eigenvalue weighted by Crippen LogP contribution is 2.18. The van der Waals surface area contributed by atoms with Gasteiger partial charge in [0.1, 0.15) is 23.0 Å². The van der Waals surface area contributed by atoms with E-state index in [2.05, 4.69) is 0 Å². The van der Waals surface area contributed by atoms with Gasteiger partial charge in [-0.15, -0.1) is 0 Å². The summed E-state index contributed by atoms with van der Waals surface area (Å²) < 4.78 is 29.1. The van der Waals surface area contributed by atoms with E-state index in [1.54, 1.807) is 11.8 Å². The van der Waals surface area contributed by atoms with Crippen LogP contribution in [0.1, 0.15) is 42.1 Å². The van der Waals surface area contributed by atoms with Gasteiger partial charge in [-0.05, 0) is 32.4 Å². The van der Waals surface area contributed by atoms with Crippen LogP contribution >= 0.6 is 0 Å². The van der Waals surface area contributed by atoms with E-state index in [0.29, 0.717) is 19.0 Å². The van der Waals surface area contributed by atoms with Crippen LogP contribution in [0.15, 0.2) is 27.8 Å². The normalized spacial score (nSPS) is 16.8. The predicted molar refractivity (Wildman–Crippen MR) is 113 cm³/mol. The molecule has 1 aromatic heterocycles. The van der Waals surface area contributed by atoms with Crippen molar-refractivity contribution in [2.24, 2.45) is 5.73 Å². The monoisotopic (exact) mass is 449 g/mol. The predicted octanol–water partition coefficient (Wildman–Crippen LogP) is 0.461. The Kier molecular flexibility index (Phi) is 6.87. The molecule has 11 heteroatoms. The van der Waals surface area contributed by atoms with E-state index in [1.165, 1.54) is 0 Å². The molecule has 1 aliphatic heterocycles. The number of halogens is 2. The topological polar surface area (TPSA) is 133 Å². The van der Waals surface area contributed by atoms with Gasteiger partial charge in [-0.2, -0.15) is 0 Å². The van der Waals surface area contributed by atoms with Gasteiger partial charge in [0.2, 0.25) is 5.91 Å². The van der Waals surface area contributed by atoms with Crippen LogP contribution in [0.5, 0.6) is 0 Å². The summed E-state index contributed by atoms with van der Waals surface area (Å²) in [5.41, 5.74) is 9.38. The Morgan fingerprint density at radius 3 is 2.50 bits per heavy atom. The van der Waals surface area contributed by atoms with E-state index in [0.717, 1.165) is 34.1 Å². The summed E-state index contributed by atoms with van der Waals surface area (Å²) in [5, 5.41) is 0. The zero-order valence-electron chi connectivity index (χ0n) is 17.6. The first-order chi connectivity index (χ1) is 15.1. The summed E-state index contributed by atoms with van der Waals surface area (Å²) in [6.07, 6.45) is 2.05. The molecule has 0 radical (unpaired) electrons. The molecule has 1 saturated heterocycles. The number of aromatic nitrogens is 2. The third-order valence-electron chi connectivity index (χ3n) is 5.70. The average molecular weight is 449 g/mol. The second-order valence-electron chi connectivity index (χ2n) is 7.72. The van der Waals surface area contributed by atoms with Crippen molar-refractivity contribution in [3.05, 3.63) is 61.8 Å². The van der Waals surface area contributed by atoms with Gasteiger partial charge in [0, 0.05) is 18.2 Å². The van der Waals surface area contributed by atoms with Crippen LogP contribution in [0.3, 0.4) is 0 Å². The van der Waals surface area contributed by atoms with Gasteiger partial charge < -0.3 is 11.5 Å². The van der Waals surface area contributed by atoms with Gasteiger partial charge in [-0.25, -0.2) is 13.6 Å². The highest BCUT2D eigenvalue weighted by molar-refractivity contribution is 6.01. The fraction of sp³-hybridized carbons (Fsp3) is 0.429. The number of Topliss-reactive ketones (excluding diaryl/α,β-unsaturated/α-hetero) is 1. The minimum absolute atomic E-state index is 0.0373. The Balaban J connectivity index is 2.04. The first kappa shape index (κ1) is 23.3. The largest absolute Gasteiger partial charge is 0.384 e. The second-order valence-corrected chi connectivity index (χ2v) is 7.72. The molecule has 32 heavy (non-hydrogen) atoms. The molecule has 0 spiro atoms. The summed E-state index contributed by atoms with van der Waals surface area (Å²) >= 11 is 0. The SMILES string of the molecule is CCn1c(=O)c(C(=O)CN2CCCCC2C(N)=O)c(N)n(Cc2ccc(F)cc2F)c1=O. The molecule has 2 heterocycles. The van der Waals surface area contributed by atoms with Gasteiger partial charge in [0.15, 0.2) is 5.78 Å². The highest BCUT2D eigenvalue weighted by Gasteiger charge is 2.31. The lowest BCUT2D eigenvalue weighted by Crippen LogP contribution is -2.51. The lowest BCUT2D eigenvalue weighted by molar-refractivity contribution is -0.124. The number of primary amides is 1. The van der Waals surface area contributed by atoms with E-state index in [4.69, 9.17) is 11.5 Å². The summed E-state index contributed by atoms with van der Waals surface area (Å²) in [5.74, 6) is -3.32. The molecule has 1 amide bonds. The molecule has 0 saturated carbocycles. The van der Waals surface area contributed by atoms with Gasteiger partial charge in [0.25, 0.3) is 5.56 Å². The van der Waals surface area contributed by atoms with Crippen molar-refractivity contribution in [3.63, 3.8) is 0 Å². The molecule has 1 unspecified atom stereocenters. The lowest BCUT2D eigenvalue weighted by Gasteiger charge is -2.33. The Morgan fingerprint density at radius 1 is 1.16 bits per heavy atom. The molecule has 2 aromatic rings. The number of rotatable bonds is 7. The number of amides is 1. The molecule has 1 aromatic carbocycles. The number of nitrogens with zero attached hydrogens (tertiary/aromatic N) is 3. The number of nitrogens with two attached hydrogens (primary N) is 2. The Bertz CT molecular complexity index is 1170. The third-order valence-corrected chi connectivity index (χ3v) is 5.70. The number of likely N-dealkylation sites (tertiary alicyclic amines) is 1. The van der Waals surface area contributed by atoms with Gasteiger partial charge in [-0.3, -0.25) is 28.4 Å². The van der Waals surface area contributed by atoms with E-state index in [-0.39, 0.29) is 18.7 Å². The molecule has 1 atom stereocenters. The molecule has 172 valence electrons. The minimum Gasteiger partial charge on any atom is -0.384 e. The maximum Gasteiger partial charge on any atom is 0.332 e. The van der Waals surface area contributed by atoms with Crippen LogP contribution in [-0.2, 0) is 17.9 Å². The maximum atomic E-state index is 14.2. The molecule has 4 N–H and O–H groups in total. The highest BCUT2D eigenvalue weighted by atomic mass is 19.1. The Hall–Kier alpha value is -3.34. The lowest BCUT2D eigenvalue weighted by atomic mass is 10.0. The molecular formula is C21H25F2N5O4. The molecule has 3 rings (SSSR count). The number of carbonyl (C=O) groups excluding carboxylic acids is 2. The molecule has 0 bridgehead atoms. The first-order valence-electron chi connectivity index (χ1n) is 10.3. The van der Waals surface area contributed by atoms with Crippen LogP contribution in [-0.4, -0.2) is 44.9 Å². The third kappa shape index (κ3) is 4.47. The fourth-order valence-corrected chi connectivity index (χ4v) is 4.00. The zero-order valence-corrected chi connectivity index (χ0v) is 17.6. The summed E-state index contributed by atoms with van der Waals surface area (Å²) in [7, 11) is 0. The van der Waals surface area contributed by atoms with Gasteiger partial charge in [-0.1, -0.05) is 12.5 Å². The van der Waals surface area contributed by atoms with Crippen molar-refractivity contribution in [2.45, 2.75) is 45.3 Å². The second kappa shape index (κ2) is 9.43. The van der Waals surface area contributed by atoms with E-state index >= 15 is 0 Å². The fourth-order valence-electron chi connectivity index (χ4n) is 4.00. The van der Waals surface area contributed by atoms with Crippen LogP contribution < -0.4 is 22.7 Å². The van der Waals surface area contributed by atoms with E-state index < -0.39 is 58.5 Å². The number of carbonyl (C=O) groups is 2. The van der Waals surface area contributed by atoms with Gasteiger partial charge >= 0.3 is 5.69 Å². The average Bonchev–Trinajstić information content (AvgIpc) is 2.73. The van der Waals surface area contributed by atoms with Crippen molar-refractivity contribution in [3.8, 4) is 0 Å². The Morgan fingerprint density at radius 2 is 1.88 bits per heavy atom. The summed E-state index contributed by atoms with van der Waals surface area (Å²) in [6, 6.07) is 2.22. The number of anilines is 1.